The minimum absolute atomic E-state index is 0.223. The third kappa shape index (κ3) is 3.36. The molecule has 4 rings (SSSR count). The van der Waals surface area contributed by atoms with Crippen molar-refractivity contribution in [2.45, 2.75) is 0 Å². The van der Waals surface area contributed by atoms with Crippen LogP contribution in [0.5, 0.6) is 5.75 Å². The number of para-hydroxylation sites is 1. The van der Waals surface area contributed by atoms with Gasteiger partial charge in [0.05, 0.1) is 18.4 Å². The van der Waals surface area contributed by atoms with Crippen LogP contribution >= 0.6 is 0 Å². The van der Waals surface area contributed by atoms with Crippen LogP contribution in [0.25, 0.3) is 5.70 Å². The molecule has 0 unspecified atom stereocenters. The molecule has 0 fully saturated rings. The lowest BCUT2D eigenvalue weighted by Gasteiger charge is -2.20. The van der Waals surface area contributed by atoms with Gasteiger partial charge < -0.3 is 9.64 Å². The van der Waals surface area contributed by atoms with Crippen LogP contribution in [-0.4, -0.2) is 31.0 Å². The van der Waals surface area contributed by atoms with Gasteiger partial charge in [-0.3, -0.25) is 19.5 Å². The van der Waals surface area contributed by atoms with Crippen molar-refractivity contribution in [3.8, 4) is 5.75 Å². The molecule has 1 aromatic heterocycles. The lowest BCUT2D eigenvalue weighted by Crippen LogP contribution is -2.27. The predicted molar refractivity (Wildman–Crippen MR) is 112 cm³/mol. The number of aromatic nitrogens is 1. The summed E-state index contributed by atoms with van der Waals surface area (Å²) in [5.41, 5.74) is 2.79. The molecule has 2 aromatic carbocycles. The molecule has 29 heavy (non-hydrogen) atoms. The normalized spacial score (nSPS) is 14.1. The van der Waals surface area contributed by atoms with Crippen molar-refractivity contribution < 1.29 is 14.3 Å². The van der Waals surface area contributed by atoms with E-state index < -0.39 is 0 Å². The van der Waals surface area contributed by atoms with Gasteiger partial charge in [0.2, 0.25) is 0 Å². The number of carbonyl (C=O) groups is 2. The molecule has 0 radical (unpaired) electrons. The zero-order valence-corrected chi connectivity index (χ0v) is 16.1. The molecule has 1 aliphatic rings. The average molecular weight is 385 g/mol. The minimum atomic E-state index is -0.254. The van der Waals surface area contributed by atoms with Gasteiger partial charge in [-0.15, -0.1) is 0 Å². The monoisotopic (exact) mass is 385 g/mol. The van der Waals surface area contributed by atoms with Crippen LogP contribution in [0, 0.1) is 0 Å². The van der Waals surface area contributed by atoms with E-state index in [2.05, 4.69) is 4.98 Å². The number of hydrogen-bond donors (Lipinski definition) is 0. The van der Waals surface area contributed by atoms with Crippen LogP contribution in [-0.2, 0) is 4.79 Å². The highest BCUT2D eigenvalue weighted by Crippen LogP contribution is 2.36. The van der Waals surface area contributed by atoms with E-state index in [1.54, 1.807) is 56.8 Å². The van der Waals surface area contributed by atoms with Gasteiger partial charge in [-0.1, -0.05) is 18.2 Å². The molecule has 144 valence electrons. The van der Waals surface area contributed by atoms with Gasteiger partial charge >= 0.3 is 0 Å². The number of nitrogens with zero attached hydrogens (tertiary/aromatic N) is 3. The summed E-state index contributed by atoms with van der Waals surface area (Å²) in [7, 11) is 3.28. The van der Waals surface area contributed by atoms with Gasteiger partial charge in [-0.05, 0) is 48.5 Å². The minimum Gasteiger partial charge on any atom is -0.497 e. The highest BCUT2D eigenvalue weighted by molar-refractivity contribution is 6.24. The number of carbonyl (C=O) groups excluding carboxylic acids is 2. The van der Waals surface area contributed by atoms with Crippen molar-refractivity contribution in [2.75, 3.05) is 24.0 Å². The highest BCUT2D eigenvalue weighted by Gasteiger charge is 2.35. The van der Waals surface area contributed by atoms with Crippen LogP contribution in [0.1, 0.15) is 16.1 Å². The maximum Gasteiger partial charge on any atom is 0.265 e. The van der Waals surface area contributed by atoms with Crippen LogP contribution in [0.15, 0.2) is 79.0 Å². The molecule has 6 heteroatoms. The Morgan fingerprint density at radius 2 is 1.76 bits per heavy atom. The quantitative estimate of drug-likeness (QED) is 0.642. The van der Waals surface area contributed by atoms with Crippen molar-refractivity contribution in [3.05, 3.63) is 90.3 Å². The Labute approximate surface area is 168 Å². The smallest absolute Gasteiger partial charge is 0.265 e. The second-order valence-electron chi connectivity index (χ2n) is 6.50. The molecule has 2 amide bonds. The van der Waals surface area contributed by atoms with Crippen LogP contribution < -0.4 is 14.5 Å². The molecule has 0 bridgehead atoms. The number of ether oxygens (including phenoxy) is 1. The van der Waals surface area contributed by atoms with Crippen molar-refractivity contribution in [3.63, 3.8) is 0 Å². The van der Waals surface area contributed by atoms with Crippen LogP contribution in [0.3, 0.4) is 0 Å². The highest BCUT2D eigenvalue weighted by atomic mass is 16.5. The number of benzene rings is 2. The van der Waals surface area contributed by atoms with E-state index in [-0.39, 0.29) is 11.8 Å². The average Bonchev–Trinajstić information content (AvgIpc) is 3.05. The molecular weight excluding hydrogens is 366 g/mol. The zero-order valence-electron chi connectivity index (χ0n) is 16.1. The number of likely N-dealkylation sites (N-methyl/N-ethyl adjacent to an activating group) is 1. The zero-order chi connectivity index (χ0) is 20.4. The number of rotatable bonds is 4. The van der Waals surface area contributed by atoms with Crippen molar-refractivity contribution in [1.82, 2.24) is 4.98 Å². The fraction of sp³-hybridized carbons (Fsp3) is 0.0870. The molecular formula is C23H19N3O3. The lowest BCUT2D eigenvalue weighted by molar-refractivity contribution is -0.113. The molecule has 0 atom stereocenters. The second-order valence-corrected chi connectivity index (χ2v) is 6.50. The summed E-state index contributed by atoms with van der Waals surface area (Å²) in [5, 5.41) is 0. The van der Waals surface area contributed by atoms with E-state index in [4.69, 9.17) is 4.74 Å². The SMILES string of the molecule is COc1ccc(N2C(=O)c3cccnc3/C2=C\C(=O)N(C)c2ccccc2)cc1. The van der Waals surface area contributed by atoms with E-state index >= 15 is 0 Å². The fourth-order valence-corrected chi connectivity index (χ4v) is 3.23. The lowest BCUT2D eigenvalue weighted by atomic mass is 10.2. The molecule has 0 saturated carbocycles. The second kappa shape index (κ2) is 7.59. The number of amides is 2. The maximum atomic E-state index is 13.1. The molecule has 1 aliphatic heterocycles. The van der Waals surface area contributed by atoms with Gasteiger partial charge in [0.15, 0.2) is 0 Å². The summed E-state index contributed by atoms with van der Waals surface area (Å²) >= 11 is 0. The van der Waals surface area contributed by atoms with E-state index in [0.29, 0.717) is 28.4 Å². The summed E-state index contributed by atoms with van der Waals surface area (Å²) in [5.74, 6) is 0.206. The van der Waals surface area contributed by atoms with Crippen LogP contribution in [0.4, 0.5) is 11.4 Å². The van der Waals surface area contributed by atoms with Gasteiger partial charge in [0.25, 0.3) is 11.8 Å². The summed E-state index contributed by atoms with van der Waals surface area (Å²) in [6, 6.07) is 19.9. The van der Waals surface area contributed by atoms with Crippen molar-refractivity contribution >= 4 is 28.9 Å². The van der Waals surface area contributed by atoms with Gasteiger partial charge in [0.1, 0.15) is 11.4 Å². The summed E-state index contributed by atoms with van der Waals surface area (Å²) in [4.78, 5) is 33.4. The molecule has 6 nitrogen and oxygen atoms in total. The fourth-order valence-electron chi connectivity index (χ4n) is 3.23. The van der Waals surface area contributed by atoms with E-state index in [0.717, 1.165) is 5.69 Å². The molecule has 2 heterocycles. The Morgan fingerprint density at radius 3 is 2.45 bits per heavy atom. The third-order valence-corrected chi connectivity index (χ3v) is 4.79. The number of anilines is 2. The largest absolute Gasteiger partial charge is 0.497 e. The standard InChI is InChI=1S/C23H19N3O3/c1-25(16-7-4-3-5-8-16)21(27)15-20-22-19(9-6-14-24-22)23(28)26(20)17-10-12-18(29-2)13-11-17/h3-15H,1-2H3/b20-15+. The van der Waals surface area contributed by atoms with Gasteiger partial charge in [-0.2, -0.15) is 0 Å². The van der Waals surface area contributed by atoms with Crippen molar-refractivity contribution in [1.29, 1.82) is 0 Å². The number of hydrogen-bond acceptors (Lipinski definition) is 4. The molecule has 0 aliphatic carbocycles. The predicted octanol–water partition coefficient (Wildman–Crippen LogP) is 3.75. The van der Waals surface area contributed by atoms with Gasteiger partial charge in [-0.25, -0.2) is 0 Å². The first kappa shape index (κ1) is 18.4. The first-order chi connectivity index (χ1) is 14.1. The Morgan fingerprint density at radius 1 is 1.03 bits per heavy atom. The first-order valence-electron chi connectivity index (χ1n) is 9.08. The Hall–Kier alpha value is -3.93. The molecule has 0 saturated heterocycles. The van der Waals surface area contributed by atoms with E-state index in [9.17, 15) is 9.59 Å². The van der Waals surface area contributed by atoms with Crippen molar-refractivity contribution in [2.24, 2.45) is 0 Å². The summed E-state index contributed by atoms with van der Waals surface area (Å²) < 4.78 is 5.20. The van der Waals surface area contributed by atoms with E-state index in [1.807, 2.05) is 30.3 Å². The Balaban J connectivity index is 1.77. The number of fused-ring (bicyclic) bond motifs is 1. The molecule has 0 spiro atoms. The number of methoxy groups -OCH3 is 1. The maximum absolute atomic E-state index is 13.1. The number of pyridine rings is 1. The van der Waals surface area contributed by atoms with E-state index in [1.165, 1.54) is 15.9 Å². The molecule has 0 N–H and O–H groups in total. The summed E-state index contributed by atoms with van der Waals surface area (Å²) in [6.45, 7) is 0. The van der Waals surface area contributed by atoms with Gasteiger partial charge in [0, 0.05) is 30.7 Å². The first-order valence-corrected chi connectivity index (χ1v) is 9.08. The third-order valence-electron chi connectivity index (χ3n) is 4.79. The van der Waals surface area contributed by atoms with Crippen LogP contribution in [0.2, 0.25) is 0 Å². The molecule has 3 aromatic rings. The Kier molecular flexibility index (Phi) is 4.83. The topological polar surface area (TPSA) is 62.7 Å². The Bertz CT molecular complexity index is 1090. The summed E-state index contributed by atoms with van der Waals surface area (Å²) in [6.07, 6.45) is 3.07.